The van der Waals surface area contributed by atoms with Gasteiger partial charge in [0.2, 0.25) is 0 Å². The van der Waals surface area contributed by atoms with Crippen LogP contribution < -0.4 is 10.0 Å². The highest BCUT2D eigenvalue weighted by Crippen LogP contribution is 2.24. The Morgan fingerprint density at radius 3 is 3.00 bits per heavy atom. The summed E-state index contributed by atoms with van der Waals surface area (Å²) in [5, 5.41) is 3.81. The Morgan fingerprint density at radius 1 is 1.56 bits per heavy atom. The minimum Gasteiger partial charge on any atom is -0.372 e. The lowest BCUT2D eigenvalue weighted by atomic mass is 10.1. The van der Waals surface area contributed by atoms with Crippen LogP contribution in [0.2, 0.25) is 5.02 Å². The molecule has 0 fully saturated rings. The molecule has 6 heteroatoms. The molecular formula is C12H16ClN3OS. The number of halogens is 1. The smallest absolute Gasteiger partial charge is 0.116 e. The number of nitrogens with zero attached hydrogens (tertiary/aromatic N) is 1. The molecule has 0 spiro atoms. The minimum atomic E-state index is -1.07. The second-order valence-electron chi connectivity index (χ2n) is 3.98. The van der Waals surface area contributed by atoms with E-state index in [1.165, 1.54) is 0 Å². The molecule has 1 aliphatic heterocycles. The van der Waals surface area contributed by atoms with Crippen LogP contribution >= 0.6 is 11.6 Å². The van der Waals surface area contributed by atoms with Gasteiger partial charge in [-0.25, -0.2) is 4.21 Å². The number of hydrogen-bond donors (Lipinski definition) is 2. The van der Waals surface area contributed by atoms with Gasteiger partial charge in [0, 0.05) is 18.7 Å². The monoisotopic (exact) mass is 285 g/mol. The zero-order chi connectivity index (χ0) is 13.0. The Labute approximate surface area is 114 Å². The zero-order valence-electron chi connectivity index (χ0n) is 10.2. The van der Waals surface area contributed by atoms with Gasteiger partial charge >= 0.3 is 0 Å². The molecule has 1 aliphatic rings. The van der Waals surface area contributed by atoms with Crippen molar-refractivity contribution in [3.8, 4) is 0 Å². The summed E-state index contributed by atoms with van der Waals surface area (Å²) in [6.45, 7) is 3.62. The van der Waals surface area contributed by atoms with E-state index in [0.29, 0.717) is 16.5 Å². The van der Waals surface area contributed by atoms with Crippen LogP contribution in [0.3, 0.4) is 0 Å². The minimum absolute atomic E-state index is 0.554. The molecule has 0 saturated heterocycles. The summed E-state index contributed by atoms with van der Waals surface area (Å²) >= 11 is 6.16. The van der Waals surface area contributed by atoms with Crippen LogP contribution in [0.5, 0.6) is 0 Å². The lowest BCUT2D eigenvalue weighted by Crippen LogP contribution is -2.20. The average molecular weight is 286 g/mol. The lowest BCUT2D eigenvalue weighted by Gasteiger charge is -2.09. The maximum Gasteiger partial charge on any atom is 0.116 e. The molecule has 2 rings (SSSR count). The standard InChI is InChI=1S/C12H16ClN3OS/c1-2-18(17)16-11-4-3-9(7-10(11)13)8-12-14-5-6-15-12/h3-4,7,16H,2,5-6,8H2,1H3,(H,14,15). The van der Waals surface area contributed by atoms with Crippen molar-refractivity contribution in [2.24, 2.45) is 4.99 Å². The molecule has 4 nitrogen and oxygen atoms in total. The average Bonchev–Trinajstić information content (AvgIpc) is 2.85. The zero-order valence-corrected chi connectivity index (χ0v) is 11.8. The van der Waals surface area contributed by atoms with Crippen molar-refractivity contribution in [3.05, 3.63) is 28.8 Å². The third kappa shape index (κ3) is 3.46. The second-order valence-corrected chi connectivity index (χ2v) is 5.86. The highest BCUT2D eigenvalue weighted by Gasteiger charge is 2.08. The van der Waals surface area contributed by atoms with E-state index < -0.39 is 11.0 Å². The van der Waals surface area contributed by atoms with E-state index in [1.54, 1.807) is 0 Å². The van der Waals surface area contributed by atoms with E-state index in [2.05, 4.69) is 15.0 Å². The van der Waals surface area contributed by atoms with E-state index in [4.69, 9.17) is 11.6 Å². The predicted octanol–water partition coefficient (Wildman–Crippen LogP) is 1.98. The van der Waals surface area contributed by atoms with Gasteiger partial charge in [0.25, 0.3) is 0 Å². The third-order valence-electron chi connectivity index (χ3n) is 2.63. The summed E-state index contributed by atoms with van der Waals surface area (Å²) in [6.07, 6.45) is 0.761. The van der Waals surface area contributed by atoms with Crippen LogP contribution in [-0.4, -0.2) is 28.9 Å². The number of nitrogens with one attached hydrogen (secondary N) is 2. The fraction of sp³-hybridized carbons (Fsp3) is 0.417. The Hall–Kier alpha value is -1.07. The molecular weight excluding hydrogens is 270 g/mol. The summed E-state index contributed by atoms with van der Waals surface area (Å²) in [5.41, 5.74) is 1.81. The SMILES string of the molecule is CCS(=O)Nc1ccc(CC2=NCCN2)cc1Cl. The van der Waals surface area contributed by atoms with Gasteiger partial charge < -0.3 is 10.0 Å². The van der Waals surface area contributed by atoms with Gasteiger partial charge in [-0.2, -0.15) is 0 Å². The molecule has 18 heavy (non-hydrogen) atoms. The van der Waals surface area contributed by atoms with Crippen molar-refractivity contribution >= 4 is 34.1 Å². The number of hydrogen-bond acceptors (Lipinski definition) is 3. The molecule has 0 saturated carbocycles. The fourth-order valence-corrected chi connectivity index (χ4v) is 2.58. The molecule has 0 amide bonds. The quantitative estimate of drug-likeness (QED) is 0.869. The molecule has 1 aromatic rings. The van der Waals surface area contributed by atoms with E-state index in [9.17, 15) is 4.21 Å². The van der Waals surface area contributed by atoms with Crippen molar-refractivity contribution in [2.45, 2.75) is 13.3 Å². The Morgan fingerprint density at radius 2 is 2.39 bits per heavy atom. The van der Waals surface area contributed by atoms with Gasteiger partial charge in [-0.15, -0.1) is 0 Å². The third-order valence-corrected chi connectivity index (χ3v) is 3.92. The van der Waals surface area contributed by atoms with E-state index in [0.717, 1.165) is 30.9 Å². The topological polar surface area (TPSA) is 53.5 Å². The van der Waals surface area contributed by atoms with E-state index >= 15 is 0 Å². The first-order chi connectivity index (χ1) is 8.69. The number of amidine groups is 1. The summed E-state index contributed by atoms with van der Waals surface area (Å²) < 4.78 is 14.3. The number of anilines is 1. The summed E-state index contributed by atoms with van der Waals surface area (Å²) in [4.78, 5) is 4.34. The van der Waals surface area contributed by atoms with Gasteiger partial charge in [0.1, 0.15) is 16.8 Å². The Bertz CT molecular complexity index is 490. The summed E-state index contributed by atoms with van der Waals surface area (Å²) in [6, 6.07) is 5.73. The van der Waals surface area contributed by atoms with Crippen LogP contribution in [0.1, 0.15) is 12.5 Å². The van der Waals surface area contributed by atoms with Crippen LogP contribution in [0.25, 0.3) is 0 Å². The molecule has 2 N–H and O–H groups in total. The van der Waals surface area contributed by atoms with E-state index in [1.807, 2.05) is 25.1 Å². The van der Waals surface area contributed by atoms with Crippen molar-refractivity contribution in [3.63, 3.8) is 0 Å². The Kier molecular flexibility index (Phi) is 4.60. The predicted molar refractivity (Wildman–Crippen MR) is 77.8 cm³/mol. The van der Waals surface area contributed by atoms with Crippen LogP contribution in [0.15, 0.2) is 23.2 Å². The molecule has 0 aliphatic carbocycles. The normalized spacial score (nSPS) is 16.0. The lowest BCUT2D eigenvalue weighted by molar-refractivity contribution is 0.687. The van der Waals surface area contributed by atoms with Crippen LogP contribution in [-0.2, 0) is 17.4 Å². The van der Waals surface area contributed by atoms with Gasteiger partial charge in [-0.1, -0.05) is 24.6 Å². The fourth-order valence-electron chi connectivity index (χ4n) is 1.70. The first-order valence-corrected chi connectivity index (χ1v) is 7.59. The molecule has 1 aromatic carbocycles. The van der Waals surface area contributed by atoms with Gasteiger partial charge in [-0.3, -0.25) is 4.99 Å². The maximum atomic E-state index is 11.4. The number of benzene rings is 1. The van der Waals surface area contributed by atoms with Crippen molar-refractivity contribution in [2.75, 3.05) is 23.6 Å². The second kappa shape index (κ2) is 6.20. The van der Waals surface area contributed by atoms with Crippen LogP contribution in [0.4, 0.5) is 5.69 Å². The summed E-state index contributed by atoms with van der Waals surface area (Å²) in [7, 11) is -1.07. The highest BCUT2D eigenvalue weighted by molar-refractivity contribution is 7.86. The van der Waals surface area contributed by atoms with Gasteiger partial charge in [0.05, 0.1) is 17.3 Å². The Balaban J connectivity index is 2.06. The van der Waals surface area contributed by atoms with Gasteiger partial charge in [0.15, 0.2) is 0 Å². The van der Waals surface area contributed by atoms with Crippen molar-refractivity contribution < 1.29 is 4.21 Å². The highest BCUT2D eigenvalue weighted by atomic mass is 35.5. The molecule has 1 unspecified atom stereocenters. The van der Waals surface area contributed by atoms with Crippen molar-refractivity contribution in [1.29, 1.82) is 0 Å². The summed E-state index contributed by atoms with van der Waals surface area (Å²) in [5.74, 6) is 1.56. The first-order valence-electron chi connectivity index (χ1n) is 5.89. The first kappa shape index (κ1) is 13.4. The molecule has 0 aromatic heterocycles. The molecule has 0 bridgehead atoms. The van der Waals surface area contributed by atoms with Crippen LogP contribution in [0, 0.1) is 0 Å². The number of rotatable bonds is 5. The van der Waals surface area contributed by atoms with Gasteiger partial charge in [-0.05, 0) is 17.7 Å². The molecule has 0 radical (unpaired) electrons. The molecule has 1 atom stereocenters. The molecule has 1 heterocycles. The van der Waals surface area contributed by atoms with E-state index in [-0.39, 0.29) is 0 Å². The molecule has 98 valence electrons. The van der Waals surface area contributed by atoms with Crippen molar-refractivity contribution in [1.82, 2.24) is 5.32 Å². The maximum absolute atomic E-state index is 11.4. The largest absolute Gasteiger partial charge is 0.372 e. The number of aliphatic imine (C=N–C) groups is 1.